The largest absolute Gasteiger partial charge is 0.507 e. The average molecular weight is 615 g/mol. The van der Waals surface area contributed by atoms with Gasteiger partial charge in [-0.15, -0.1) is 0 Å². The smallest absolute Gasteiger partial charge is 0.350 e. The lowest BCUT2D eigenvalue weighted by atomic mass is 9.93. The van der Waals surface area contributed by atoms with Crippen LogP contribution in [0.15, 0.2) is 72.3 Å². The Labute approximate surface area is 257 Å². The van der Waals surface area contributed by atoms with Crippen molar-refractivity contribution >= 4 is 39.9 Å². The number of methoxy groups -OCH3 is 1. The third-order valence-corrected chi connectivity index (χ3v) is 8.25. The third kappa shape index (κ3) is 5.73. The number of carbonyl (C=O) groups is 3. The number of ether oxygens (including phenoxy) is 3. The first-order chi connectivity index (χ1) is 21.1. The molecule has 0 radical (unpaired) electrons. The van der Waals surface area contributed by atoms with Crippen LogP contribution in [-0.4, -0.2) is 46.6 Å². The molecule has 0 bridgehead atoms. The zero-order valence-electron chi connectivity index (χ0n) is 24.5. The number of rotatable bonds is 9. The maximum atomic E-state index is 13.6. The number of esters is 1. The number of hydrogen-bond acceptors (Lipinski definition) is 10. The molecule has 5 rings (SSSR count). The van der Waals surface area contributed by atoms with Crippen molar-refractivity contribution in [2.75, 3.05) is 18.6 Å². The number of benzene rings is 3. The maximum absolute atomic E-state index is 13.6. The normalized spacial score (nSPS) is 15.8. The zero-order chi connectivity index (χ0) is 31.5. The zero-order valence-corrected chi connectivity index (χ0v) is 25.3. The molecule has 1 fully saturated rings. The van der Waals surface area contributed by atoms with Crippen LogP contribution in [0.3, 0.4) is 0 Å². The van der Waals surface area contributed by atoms with Gasteiger partial charge in [0.25, 0.3) is 5.78 Å². The van der Waals surface area contributed by atoms with Crippen LogP contribution in [0.5, 0.6) is 17.2 Å². The highest BCUT2D eigenvalue weighted by Crippen LogP contribution is 2.45. The quantitative estimate of drug-likeness (QED) is 0.103. The van der Waals surface area contributed by atoms with Crippen molar-refractivity contribution in [1.29, 1.82) is 0 Å². The Morgan fingerprint density at radius 3 is 2.48 bits per heavy atom. The van der Waals surface area contributed by atoms with Crippen LogP contribution in [0.25, 0.3) is 5.76 Å². The van der Waals surface area contributed by atoms with Gasteiger partial charge in [0.15, 0.2) is 16.6 Å². The highest BCUT2D eigenvalue weighted by atomic mass is 32.1. The molecule has 0 spiro atoms. The van der Waals surface area contributed by atoms with Crippen LogP contribution in [0.2, 0.25) is 0 Å². The molecule has 1 aliphatic heterocycles. The van der Waals surface area contributed by atoms with Crippen LogP contribution in [0.4, 0.5) is 5.13 Å². The van der Waals surface area contributed by atoms with Gasteiger partial charge in [0.1, 0.15) is 23.0 Å². The number of carbonyl (C=O) groups excluding carboxylic acids is 3. The third-order valence-electron chi connectivity index (χ3n) is 7.12. The number of aliphatic hydroxyl groups is 1. The molecule has 1 amide bonds. The van der Waals surface area contributed by atoms with Crippen molar-refractivity contribution in [2.24, 2.45) is 0 Å². The molecule has 0 unspecified atom stereocenters. The minimum Gasteiger partial charge on any atom is -0.507 e. The van der Waals surface area contributed by atoms with Crippen molar-refractivity contribution in [3.05, 3.63) is 105 Å². The highest BCUT2D eigenvalue weighted by Gasteiger charge is 2.48. The number of amides is 1. The number of hydrogen-bond donors (Lipinski definition) is 2. The van der Waals surface area contributed by atoms with E-state index in [1.54, 1.807) is 39.0 Å². The number of nitrogens with zero attached hydrogens (tertiary/aromatic N) is 2. The first-order valence-electron chi connectivity index (χ1n) is 13.7. The summed E-state index contributed by atoms with van der Waals surface area (Å²) in [6.45, 7) is 5.54. The first kappa shape index (κ1) is 30.3. The van der Waals surface area contributed by atoms with Gasteiger partial charge in [-0.05, 0) is 67.8 Å². The summed E-state index contributed by atoms with van der Waals surface area (Å²) in [5.74, 6) is -2.35. The monoisotopic (exact) mass is 614 g/mol. The van der Waals surface area contributed by atoms with E-state index < -0.39 is 29.5 Å². The molecular weight excluding hydrogens is 584 g/mol. The number of aryl methyl sites for hydroxylation is 2. The molecule has 1 saturated heterocycles. The number of thiazole rings is 1. The fourth-order valence-corrected chi connectivity index (χ4v) is 5.95. The number of Topliss-reactive ketones (excluding diaryl/α,β-unsaturated/α-hetero) is 1. The van der Waals surface area contributed by atoms with E-state index in [4.69, 9.17) is 14.2 Å². The van der Waals surface area contributed by atoms with Gasteiger partial charge in [0.2, 0.25) is 0 Å². The minimum absolute atomic E-state index is 0.0742. The predicted molar refractivity (Wildman–Crippen MR) is 164 cm³/mol. The summed E-state index contributed by atoms with van der Waals surface area (Å²) in [7, 11) is 1.37. The molecule has 11 heteroatoms. The summed E-state index contributed by atoms with van der Waals surface area (Å²) < 4.78 is 16.3. The Hall–Kier alpha value is -5.16. The molecule has 0 aliphatic carbocycles. The van der Waals surface area contributed by atoms with Gasteiger partial charge in [-0.2, -0.15) is 0 Å². The van der Waals surface area contributed by atoms with Crippen molar-refractivity contribution in [3.63, 3.8) is 0 Å². The molecule has 2 heterocycles. The van der Waals surface area contributed by atoms with Crippen molar-refractivity contribution in [1.82, 2.24) is 4.98 Å². The lowest BCUT2D eigenvalue weighted by Gasteiger charge is -2.23. The second-order valence-electron chi connectivity index (χ2n) is 9.98. The predicted octanol–water partition coefficient (Wildman–Crippen LogP) is 5.86. The second kappa shape index (κ2) is 12.6. The summed E-state index contributed by atoms with van der Waals surface area (Å²) >= 11 is 0.906. The maximum Gasteiger partial charge on any atom is 0.350 e. The van der Waals surface area contributed by atoms with Crippen LogP contribution < -0.4 is 14.4 Å². The van der Waals surface area contributed by atoms with E-state index in [-0.39, 0.29) is 33.7 Å². The van der Waals surface area contributed by atoms with Gasteiger partial charge in [0.05, 0.1) is 31.0 Å². The molecule has 4 aromatic rings. The molecule has 3 aromatic carbocycles. The standard InChI is InChI=1S/C33H30N2O8S/c1-5-42-32(40)30-19(3)34-33(44-30)35-27(21-11-14-24(36)25(16-21)41-4)26(29(38)31(35)39)28(37)23-13-12-22(15-18(23)2)43-17-20-9-7-6-8-10-20/h6-16,27,36-37H,5,17H2,1-4H3/b28-26+/t27-/m0/s1. The summed E-state index contributed by atoms with van der Waals surface area (Å²) in [5, 5.41) is 22.0. The van der Waals surface area contributed by atoms with Crippen LogP contribution in [0.1, 0.15) is 50.6 Å². The fraction of sp³-hybridized carbons (Fsp3) is 0.212. The van der Waals surface area contributed by atoms with E-state index in [0.717, 1.165) is 21.8 Å². The van der Waals surface area contributed by atoms with Gasteiger partial charge in [0, 0.05) is 5.56 Å². The number of phenolic OH excluding ortho intramolecular Hbond substituents is 1. The van der Waals surface area contributed by atoms with E-state index in [2.05, 4.69) is 4.98 Å². The molecule has 1 aliphatic rings. The lowest BCUT2D eigenvalue weighted by Crippen LogP contribution is -2.29. The molecular formula is C33H30N2O8S. The summed E-state index contributed by atoms with van der Waals surface area (Å²) in [6.07, 6.45) is 0. The molecule has 1 atom stereocenters. The second-order valence-corrected chi connectivity index (χ2v) is 11.0. The molecule has 1 aromatic heterocycles. The summed E-state index contributed by atoms with van der Waals surface area (Å²) in [4.78, 5) is 45.6. The van der Waals surface area contributed by atoms with E-state index >= 15 is 0 Å². The van der Waals surface area contributed by atoms with Gasteiger partial charge in [-0.1, -0.05) is 47.7 Å². The SMILES string of the molecule is CCOC(=O)c1sc(N2C(=O)C(=O)/C(=C(/O)c3ccc(OCc4ccccc4)cc3C)[C@@H]2c2ccc(O)c(OC)c2)nc1C. The highest BCUT2D eigenvalue weighted by molar-refractivity contribution is 7.17. The van der Waals surface area contributed by atoms with Gasteiger partial charge >= 0.3 is 11.9 Å². The molecule has 0 saturated carbocycles. The van der Waals surface area contributed by atoms with Crippen molar-refractivity contribution in [3.8, 4) is 17.2 Å². The van der Waals surface area contributed by atoms with Crippen LogP contribution >= 0.6 is 11.3 Å². The summed E-state index contributed by atoms with van der Waals surface area (Å²) in [6, 6.07) is 17.9. The number of phenols is 1. The Kier molecular flexibility index (Phi) is 8.68. The number of ketones is 1. The number of aromatic nitrogens is 1. The number of anilines is 1. The lowest BCUT2D eigenvalue weighted by molar-refractivity contribution is -0.132. The Morgan fingerprint density at radius 1 is 1.05 bits per heavy atom. The minimum atomic E-state index is -1.15. The van der Waals surface area contributed by atoms with E-state index in [9.17, 15) is 24.6 Å². The average Bonchev–Trinajstić information content (AvgIpc) is 3.52. The van der Waals surface area contributed by atoms with Gasteiger partial charge < -0.3 is 24.4 Å². The molecule has 10 nitrogen and oxygen atoms in total. The first-order valence-corrected chi connectivity index (χ1v) is 14.6. The number of aromatic hydroxyl groups is 1. The number of aliphatic hydroxyl groups excluding tert-OH is 1. The molecule has 2 N–H and O–H groups in total. The van der Waals surface area contributed by atoms with Gasteiger partial charge in [-0.3, -0.25) is 14.5 Å². The van der Waals surface area contributed by atoms with Crippen molar-refractivity contribution in [2.45, 2.75) is 33.4 Å². The van der Waals surface area contributed by atoms with E-state index in [1.807, 2.05) is 30.3 Å². The Balaban J connectivity index is 1.60. The van der Waals surface area contributed by atoms with E-state index in [0.29, 0.717) is 34.7 Å². The topological polar surface area (TPSA) is 135 Å². The van der Waals surface area contributed by atoms with Crippen molar-refractivity contribution < 1.29 is 38.8 Å². The van der Waals surface area contributed by atoms with Gasteiger partial charge in [-0.25, -0.2) is 9.78 Å². The summed E-state index contributed by atoms with van der Waals surface area (Å²) in [5.41, 5.74) is 2.43. The van der Waals surface area contributed by atoms with Crippen LogP contribution in [-0.2, 0) is 20.9 Å². The Morgan fingerprint density at radius 2 is 1.80 bits per heavy atom. The van der Waals surface area contributed by atoms with Crippen LogP contribution in [0, 0.1) is 13.8 Å². The van der Waals surface area contributed by atoms with E-state index in [1.165, 1.54) is 25.3 Å². The fourth-order valence-electron chi connectivity index (χ4n) is 4.96. The Bertz CT molecular complexity index is 1780. The molecule has 44 heavy (non-hydrogen) atoms. The molecule has 226 valence electrons.